The quantitative estimate of drug-likeness (QED) is 0.310. The van der Waals surface area contributed by atoms with Crippen LogP contribution in [0.4, 0.5) is 5.69 Å². The fourth-order valence-electron chi connectivity index (χ4n) is 5.26. The Hall–Kier alpha value is -4.40. The molecule has 1 unspecified atom stereocenters. The summed E-state index contributed by atoms with van der Waals surface area (Å²) in [5.41, 5.74) is 5.22. The van der Waals surface area contributed by atoms with Crippen molar-refractivity contribution in [1.29, 1.82) is 0 Å². The van der Waals surface area contributed by atoms with Gasteiger partial charge in [0.15, 0.2) is 0 Å². The first-order valence-electron chi connectivity index (χ1n) is 13.5. The number of pyridine rings is 2. The third-order valence-corrected chi connectivity index (χ3v) is 7.40. The van der Waals surface area contributed by atoms with Crippen LogP contribution in [0.5, 0.6) is 17.5 Å². The Balaban J connectivity index is 1.44. The number of nitrogens with zero attached hydrogens (tertiary/aromatic N) is 5. The van der Waals surface area contributed by atoms with Gasteiger partial charge in [0.05, 0.1) is 51.3 Å². The Morgan fingerprint density at radius 3 is 2.70 bits per heavy atom. The Kier molecular flexibility index (Phi) is 8.00. The number of hydrogen-bond acceptors (Lipinski definition) is 7. The van der Waals surface area contributed by atoms with Crippen molar-refractivity contribution in [2.75, 3.05) is 19.1 Å². The molecule has 40 heavy (non-hydrogen) atoms. The molecule has 0 radical (unpaired) electrons. The number of aromatic nitrogens is 4. The van der Waals surface area contributed by atoms with Gasteiger partial charge in [-0.25, -0.2) is 0 Å². The first kappa shape index (κ1) is 27.2. The summed E-state index contributed by atoms with van der Waals surface area (Å²) >= 11 is 0. The molecule has 0 spiro atoms. The van der Waals surface area contributed by atoms with Crippen LogP contribution in [0.2, 0.25) is 0 Å². The van der Waals surface area contributed by atoms with Crippen LogP contribution in [-0.4, -0.2) is 45.0 Å². The van der Waals surface area contributed by atoms with E-state index in [0.29, 0.717) is 24.8 Å². The Bertz CT molecular complexity index is 1480. The zero-order valence-electron chi connectivity index (χ0n) is 23.4. The van der Waals surface area contributed by atoms with Crippen LogP contribution in [0, 0.1) is 0 Å². The monoisotopic (exact) mass is 541 g/mol. The molecule has 0 aliphatic heterocycles. The topological polar surface area (TPSA) is 103 Å². The molecule has 1 N–H and O–H groups in total. The van der Waals surface area contributed by atoms with Crippen molar-refractivity contribution in [2.24, 2.45) is 0 Å². The Morgan fingerprint density at radius 2 is 1.98 bits per heavy atom. The smallest absolute Gasteiger partial charge is 0.234 e. The van der Waals surface area contributed by atoms with Crippen molar-refractivity contribution in [1.82, 2.24) is 19.7 Å². The van der Waals surface area contributed by atoms with E-state index >= 15 is 0 Å². The number of rotatable bonds is 9. The fraction of sp³-hybridized carbons (Fsp3) is 0.355. The highest BCUT2D eigenvalue weighted by Crippen LogP contribution is 2.38. The summed E-state index contributed by atoms with van der Waals surface area (Å²) in [6.45, 7) is 4.98. The average Bonchev–Trinajstić information content (AvgIpc) is 3.42. The van der Waals surface area contributed by atoms with E-state index in [2.05, 4.69) is 28.9 Å². The average molecular weight is 542 g/mol. The largest absolute Gasteiger partial charge is 0.508 e. The van der Waals surface area contributed by atoms with E-state index in [4.69, 9.17) is 9.47 Å². The van der Waals surface area contributed by atoms with Gasteiger partial charge in [-0.1, -0.05) is 26.0 Å². The number of benzene rings is 1. The molecule has 1 amide bonds. The predicted molar refractivity (Wildman–Crippen MR) is 152 cm³/mol. The van der Waals surface area contributed by atoms with Crippen molar-refractivity contribution in [3.05, 3.63) is 89.0 Å². The first-order chi connectivity index (χ1) is 19.4. The van der Waals surface area contributed by atoms with E-state index in [0.717, 1.165) is 52.9 Å². The van der Waals surface area contributed by atoms with Crippen molar-refractivity contribution < 1.29 is 19.4 Å². The molecule has 3 aromatic heterocycles. The number of carbonyl (C=O) groups excluding carboxylic acids is 1. The van der Waals surface area contributed by atoms with Crippen LogP contribution in [0.25, 0.3) is 0 Å². The highest BCUT2D eigenvalue weighted by atomic mass is 16.5. The molecule has 1 aliphatic rings. The van der Waals surface area contributed by atoms with Gasteiger partial charge < -0.3 is 19.5 Å². The van der Waals surface area contributed by atoms with Gasteiger partial charge in [-0.2, -0.15) is 10.1 Å². The van der Waals surface area contributed by atoms with Crippen LogP contribution in [0.1, 0.15) is 66.5 Å². The van der Waals surface area contributed by atoms with E-state index in [1.54, 1.807) is 48.3 Å². The van der Waals surface area contributed by atoms with Crippen LogP contribution < -0.4 is 14.4 Å². The van der Waals surface area contributed by atoms with Gasteiger partial charge in [-0.3, -0.25) is 14.5 Å². The summed E-state index contributed by atoms with van der Waals surface area (Å²) < 4.78 is 12.4. The molecule has 3 heterocycles. The van der Waals surface area contributed by atoms with Gasteiger partial charge in [0.2, 0.25) is 17.7 Å². The van der Waals surface area contributed by atoms with Crippen molar-refractivity contribution in [3.8, 4) is 17.5 Å². The number of aromatic hydroxyl groups is 1. The van der Waals surface area contributed by atoms with Crippen LogP contribution >= 0.6 is 0 Å². The molecule has 0 saturated heterocycles. The van der Waals surface area contributed by atoms with E-state index in [-0.39, 0.29) is 23.5 Å². The van der Waals surface area contributed by atoms with E-state index < -0.39 is 0 Å². The van der Waals surface area contributed by atoms with Crippen LogP contribution in [0.3, 0.4) is 0 Å². The van der Waals surface area contributed by atoms with Gasteiger partial charge in [-0.05, 0) is 60.6 Å². The molecule has 208 valence electrons. The minimum absolute atomic E-state index is 0.0144. The Labute approximate surface area is 234 Å². The maximum atomic E-state index is 14.2. The third kappa shape index (κ3) is 5.64. The number of methoxy groups -OCH3 is 2. The minimum atomic E-state index is -0.342. The molecule has 0 saturated carbocycles. The summed E-state index contributed by atoms with van der Waals surface area (Å²) in [7, 11) is 3.14. The molecular weight excluding hydrogens is 506 g/mol. The van der Waals surface area contributed by atoms with Gasteiger partial charge in [-0.15, -0.1) is 0 Å². The second kappa shape index (κ2) is 11.8. The molecule has 1 aromatic carbocycles. The second-order valence-corrected chi connectivity index (χ2v) is 10.4. The summed E-state index contributed by atoms with van der Waals surface area (Å²) in [4.78, 5) is 25.0. The Morgan fingerprint density at radius 1 is 1.12 bits per heavy atom. The zero-order chi connectivity index (χ0) is 28.2. The molecular formula is C31H35N5O4. The summed E-state index contributed by atoms with van der Waals surface area (Å²) in [6, 6.07) is 13.1. The molecule has 0 bridgehead atoms. The molecule has 4 aromatic rings. The number of hydrogen-bond donors (Lipinski definition) is 1. The van der Waals surface area contributed by atoms with Gasteiger partial charge in [0.25, 0.3) is 0 Å². The van der Waals surface area contributed by atoms with E-state index in [1.165, 1.54) is 0 Å². The van der Waals surface area contributed by atoms with Crippen LogP contribution in [0.15, 0.2) is 61.1 Å². The number of phenolic OH excluding ortho intramolecular Hbond substituents is 1. The number of fused-ring (bicyclic) bond motifs is 1. The summed E-state index contributed by atoms with van der Waals surface area (Å²) in [6.07, 6.45) is 7.83. The molecule has 1 atom stereocenters. The minimum Gasteiger partial charge on any atom is -0.508 e. The number of phenols is 1. The van der Waals surface area contributed by atoms with Crippen LogP contribution in [-0.2, 0) is 24.3 Å². The molecule has 9 heteroatoms. The normalized spacial score (nSPS) is 14.6. The lowest BCUT2D eigenvalue weighted by atomic mass is 9.81. The predicted octanol–water partition coefficient (Wildman–Crippen LogP) is 5.22. The number of ether oxygens (including phenoxy) is 2. The lowest BCUT2D eigenvalue weighted by Gasteiger charge is -2.31. The highest BCUT2D eigenvalue weighted by Gasteiger charge is 2.32. The van der Waals surface area contributed by atoms with Crippen molar-refractivity contribution in [2.45, 2.75) is 58.0 Å². The standard InChI is InChI=1S/C31H35N5O4/c1-20(2)27-13-12-23(16-32-27)36(31(38)26-9-5-8-25-24(26)7-6-10-28(25)37)18-21-15-33-35(17-21)19-22-11-14-29(39-3)34-30(22)40-4/h6-7,10-17,20,26,37H,5,8-9,18-19H2,1-4H3. The maximum absolute atomic E-state index is 14.2. The molecule has 5 rings (SSSR count). The summed E-state index contributed by atoms with van der Waals surface area (Å²) in [5, 5.41) is 15.0. The molecule has 0 fully saturated rings. The van der Waals surface area contributed by atoms with Gasteiger partial charge in [0.1, 0.15) is 5.75 Å². The first-order valence-corrected chi connectivity index (χ1v) is 13.5. The fourth-order valence-corrected chi connectivity index (χ4v) is 5.26. The number of amides is 1. The molecule has 9 nitrogen and oxygen atoms in total. The van der Waals surface area contributed by atoms with Gasteiger partial charge in [0, 0.05) is 29.1 Å². The SMILES string of the molecule is COc1ccc(Cn2cc(CN(C(=O)C3CCCc4c(O)cccc43)c3ccc(C(C)C)nc3)cn2)c(OC)n1. The van der Waals surface area contributed by atoms with E-state index in [9.17, 15) is 9.90 Å². The van der Waals surface area contributed by atoms with Crippen molar-refractivity contribution >= 4 is 11.6 Å². The highest BCUT2D eigenvalue weighted by molar-refractivity contribution is 5.98. The summed E-state index contributed by atoms with van der Waals surface area (Å²) in [5.74, 6) is 1.14. The third-order valence-electron chi connectivity index (χ3n) is 7.40. The van der Waals surface area contributed by atoms with Crippen molar-refractivity contribution in [3.63, 3.8) is 0 Å². The lowest BCUT2D eigenvalue weighted by molar-refractivity contribution is -0.120. The zero-order valence-corrected chi connectivity index (χ0v) is 23.4. The second-order valence-electron chi connectivity index (χ2n) is 10.4. The maximum Gasteiger partial charge on any atom is 0.234 e. The lowest BCUT2D eigenvalue weighted by Crippen LogP contribution is -2.36. The van der Waals surface area contributed by atoms with E-state index in [1.807, 2.05) is 36.5 Å². The number of anilines is 1. The van der Waals surface area contributed by atoms with Gasteiger partial charge >= 0.3 is 0 Å². The number of carbonyl (C=O) groups is 1. The molecule has 1 aliphatic carbocycles.